The molecule has 1 aliphatic rings. The fraction of sp³-hybridized carbons (Fsp3) is 0.500. The molecule has 0 amide bonds. The summed E-state index contributed by atoms with van der Waals surface area (Å²) >= 11 is 0. The predicted octanol–water partition coefficient (Wildman–Crippen LogP) is 1.72. The summed E-state index contributed by atoms with van der Waals surface area (Å²) in [5.41, 5.74) is 4.07. The van der Waals surface area contributed by atoms with Crippen molar-refractivity contribution in [3.05, 3.63) is 28.8 Å². The molecule has 2 heteroatoms. The Morgan fingerprint density at radius 1 is 1.29 bits per heavy atom. The Balaban J connectivity index is 2.42. The highest BCUT2D eigenvalue weighted by Gasteiger charge is 2.18. The monoisotopic (exact) mass is 192 g/mol. The highest BCUT2D eigenvalue weighted by Crippen LogP contribution is 2.33. The van der Waals surface area contributed by atoms with Crippen molar-refractivity contribution < 1.29 is 9.84 Å². The van der Waals surface area contributed by atoms with Gasteiger partial charge in [-0.25, -0.2) is 0 Å². The van der Waals surface area contributed by atoms with Crippen molar-refractivity contribution >= 4 is 0 Å². The zero-order valence-corrected chi connectivity index (χ0v) is 8.55. The van der Waals surface area contributed by atoms with Gasteiger partial charge in [-0.05, 0) is 48.4 Å². The fourth-order valence-corrected chi connectivity index (χ4v) is 2.29. The van der Waals surface area contributed by atoms with Crippen molar-refractivity contribution in [3.63, 3.8) is 0 Å². The number of hydrogen-bond acceptors (Lipinski definition) is 2. The van der Waals surface area contributed by atoms with E-state index in [0.717, 1.165) is 25.0 Å². The topological polar surface area (TPSA) is 29.5 Å². The molecule has 0 aliphatic heterocycles. The highest BCUT2D eigenvalue weighted by atomic mass is 16.5. The van der Waals surface area contributed by atoms with Gasteiger partial charge in [-0.1, -0.05) is 6.07 Å². The molecule has 0 spiro atoms. The van der Waals surface area contributed by atoms with Crippen LogP contribution in [0.15, 0.2) is 12.1 Å². The maximum atomic E-state index is 8.95. The number of hydrogen-bond donors (Lipinski definition) is 1. The van der Waals surface area contributed by atoms with Crippen LogP contribution in [0.2, 0.25) is 0 Å². The van der Waals surface area contributed by atoms with Crippen molar-refractivity contribution in [3.8, 4) is 5.75 Å². The zero-order chi connectivity index (χ0) is 9.97. The molecule has 0 fully saturated rings. The van der Waals surface area contributed by atoms with Crippen molar-refractivity contribution in [1.29, 1.82) is 0 Å². The minimum absolute atomic E-state index is 0.235. The lowest BCUT2D eigenvalue weighted by atomic mass is 10.0. The van der Waals surface area contributed by atoms with E-state index in [9.17, 15) is 0 Å². The summed E-state index contributed by atoms with van der Waals surface area (Å²) in [6, 6.07) is 4.11. The molecule has 1 aromatic rings. The van der Waals surface area contributed by atoms with Crippen molar-refractivity contribution in [2.24, 2.45) is 0 Å². The first-order chi connectivity index (χ1) is 6.86. The van der Waals surface area contributed by atoms with Crippen molar-refractivity contribution in [2.75, 3.05) is 13.7 Å². The summed E-state index contributed by atoms with van der Waals surface area (Å²) in [5, 5.41) is 8.95. The predicted molar refractivity (Wildman–Crippen MR) is 55.8 cm³/mol. The van der Waals surface area contributed by atoms with Gasteiger partial charge in [0.1, 0.15) is 5.75 Å². The molecule has 1 N–H and O–H groups in total. The second-order valence-corrected chi connectivity index (χ2v) is 3.71. The van der Waals surface area contributed by atoms with Gasteiger partial charge in [0.05, 0.1) is 7.11 Å². The lowest BCUT2D eigenvalue weighted by Gasteiger charge is -2.11. The summed E-state index contributed by atoms with van der Waals surface area (Å²) < 4.78 is 5.33. The van der Waals surface area contributed by atoms with Gasteiger partial charge >= 0.3 is 0 Å². The number of rotatable bonds is 3. The van der Waals surface area contributed by atoms with Gasteiger partial charge in [-0.15, -0.1) is 0 Å². The van der Waals surface area contributed by atoms with E-state index in [1.165, 1.54) is 23.1 Å². The number of ether oxygens (including phenoxy) is 1. The normalized spacial score (nSPS) is 14.1. The third-order valence-corrected chi connectivity index (χ3v) is 2.94. The molecule has 0 heterocycles. The largest absolute Gasteiger partial charge is 0.496 e. The smallest absolute Gasteiger partial charge is 0.122 e. The number of methoxy groups -OCH3 is 1. The number of aliphatic hydroxyl groups is 1. The molecule has 1 aliphatic carbocycles. The van der Waals surface area contributed by atoms with Crippen LogP contribution in [0.1, 0.15) is 23.1 Å². The third-order valence-electron chi connectivity index (χ3n) is 2.94. The molecule has 0 saturated carbocycles. The average molecular weight is 192 g/mol. The van der Waals surface area contributed by atoms with Crippen LogP contribution < -0.4 is 4.74 Å². The van der Waals surface area contributed by atoms with Gasteiger partial charge < -0.3 is 9.84 Å². The maximum absolute atomic E-state index is 8.95. The summed E-state index contributed by atoms with van der Waals surface area (Å²) in [4.78, 5) is 0. The Kier molecular flexibility index (Phi) is 2.73. The van der Waals surface area contributed by atoms with E-state index in [4.69, 9.17) is 9.84 Å². The van der Waals surface area contributed by atoms with E-state index >= 15 is 0 Å². The van der Waals surface area contributed by atoms with Gasteiger partial charge in [0.2, 0.25) is 0 Å². The van der Waals surface area contributed by atoms with Crippen LogP contribution in [0.5, 0.6) is 5.75 Å². The minimum Gasteiger partial charge on any atom is -0.496 e. The van der Waals surface area contributed by atoms with E-state index in [1.54, 1.807) is 7.11 Å². The van der Waals surface area contributed by atoms with Gasteiger partial charge in [0, 0.05) is 6.61 Å². The molecular formula is C12H16O2. The molecule has 0 atom stereocenters. The number of benzene rings is 1. The van der Waals surface area contributed by atoms with Crippen LogP contribution in [-0.2, 0) is 19.3 Å². The van der Waals surface area contributed by atoms with Crippen LogP contribution in [0.25, 0.3) is 0 Å². The second kappa shape index (κ2) is 4.01. The molecule has 76 valence electrons. The lowest BCUT2D eigenvalue weighted by molar-refractivity contribution is 0.299. The Bertz CT molecular complexity index is 331. The van der Waals surface area contributed by atoms with Crippen LogP contribution >= 0.6 is 0 Å². The van der Waals surface area contributed by atoms with E-state index in [2.05, 4.69) is 6.07 Å². The first-order valence-corrected chi connectivity index (χ1v) is 5.15. The standard InChI is InChI=1S/C12H16O2/c1-14-12-6-5-9(7-8-13)10-3-2-4-11(10)12/h5-6,13H,2-4,7-8H2,1H3. The van der Waals surface area contributed by atoms with Crippen LogP contribution in [0.3, 0.4) is 0 Å². The van der Waals surface area contributed by atoms with Crippen LogP contribution in [0, 0.1) is 0 Å². The van der Waals surface area contributed by atoms with Crippen molar-refractivity contribution in [2.45, 2.75) is 25.7 Å². The summed E-state index contributed by atoms with van der Waals surface area (Å²) in [5.74, 6) is 1.01. The van der Waals surface area contributed by atoms with E-state index in [-0.39, 0.29) is 6.61 Å². The summed E-state index contributed by atoms with van der Waals surface area (Å²) in [6.45, 7) is 0.235. The zero-order valence-electron chi connectivity index (χ0n) is 8.55. The molecule has 14 heavy (non-hydrogen) atoms. The van der Waals surface area contributed by atoms with Crippen LogP contribution in [0.4, 0.5) is 0 Å². The molecule has 2 nitrogen and oxygen atoms in total. The molecule has 0 bridgehead atoms. The van der Waals surface area contributed by atoms with Gasteiger partial charge in [0.15, 0.2) is 0 Å². The highest BCUT2D eigenvalue weighted by molar-refractivity contribution is 5.47. The molecule has 1 aromatic carbocycles. The Labute approximate surface area is 84.5 Å². The fourth-order valence-electron chi connectivity index (χ4n) is 2.29. The van der Waals surface area contributed by atoms with Crippen LogP contribution in [-0.4, -0.2) is 18.8 Å². The maximum Gasteiger partial charge on any atom is 0.122 e. The first kappa shape index (κ1) is 9.53. The van der Waals surface area contributed by atoms with Gasteiger partial charge in [0.25, 0.3) is 0 Å². The Hall–Kier alpha value is -1.02. The van der Waals surface area contributed by atoms with E-state index < -0.39 is 0 Å². The van der Waals surface area contributed by atoms with E-state index in [0.29, 0.717) is 0 Å². The average Bonchev–Trinajstić information content (AvgIpc) is 2.67. The van der Waals surface area contributed by atoms with Gasteiger partial charge in [-0.2, -0.15) is 0 Å². The Morgan fingerprint density at radius 3 is 2.79 bits per heavy atom. The van der Waals surface area contributed by atoms with Crippen molar-refractivity contribution in [1.82, 2.24) is 0 Å². The quantitative estimate of drug-likeness (QED) is 0.790. The number of fused-ring (bicyclic) bond motifs is 1. The van der Waals surface area contributed by atoms with Gasteiger partial charge in [-0.3, -0.25) is 0 Å². The molecule has 0 aromatic heterocycles. The summed E-state index contributed by atoms with van der Waals surface area (Å²) in [7, 11) is 1.72. The molecule has 0 radical (unpaired) electrons. The lowest BCUT2D eigenvalue weighted by Crippen LogP contribution is -1.99. The second-order valence-electron chi connectivity index (χ2n) is 3.71. The SMILES string of the molecule is COc1ccc(CCO)c2c1CCC2. The number of aliphatic hydroxyl groups excluding tert-OH is 1. The molecular weight excluding hydrogens is 176 g/mol. The third kappa shape index (κ3) is 1.50. The first-order valence-electron chi connectivity index (χ1n) is 5.15. The molecule has 2 rings (SSSR count). The summed E-state index contributed by atoms with van der Waals surface area (Å²) in [6.07, 6.45) is 4.25. The minimum atomic E-state index is 0.235. The molecule has 0 saturated heterocycles. The molecule has 0 unspecified atom stereocenters. The van der Waals surface area contributed by atoms with E-state index in [1.807, 2.05) is 6.07 Å². The Morgan fingerprint density at radius 2 is 2.07 bits per heavy atom.